The van der Waals surface area contributed by atoms with E-state index in [2.05, 4.69) is 4.74 Å². The second-order valence-electron chi connectivity index (χ2n) is 4.27. The molecule has 0 aliphatic heterocycles. The zero-order chi connectivity index (χ0) is 16.1. The molecule has 0 saturated carbocycles. The Morgan fingerprint density at radius 3 is 2.32 bits per heavy atom. The fourth-order valence-corrected chi connectivity index (χ4v) is 1.70. The highest BCUT2D eigenvalue weighted by Crippen LogP contribution is 2.16. The van der Waals surface area contributed by atoms with E-state index in [1.807, 2.05) is 0 Å². The van der Waals surface area contributed by atoms with Crippen LogP contribution in [0.3, 0.4) is 0 Å². The number of carbonyl (C=O) groups is 1. The minimum atomic E-state index is -2.94. The fraction of sp³-hybridized carbons (Fsp3) is 0.0625. The topological polar surface area (TPSA) is 26.3 Å². The Balaban J connectivity index is 2.09. The molecule has 0 aliphatic rings. The van der Waals surface area contributed by atoms with Crippen LogP contribution in [0.5, 0.6) is 5.75 Å². The molecule has 0 atom stereocenters. The summed E-state index contributed by atoms with van der Waals surface area (Å²) in [5, 5.41) is 0. The number of hydrogen-bond donors (Lipinski definition) is 0. The monoisotopic (exact) mass is 310 g/mol. The molecule has 0 amide bonds. The molecule has 2 rings (SSSR count). The van der Waals surface area contributed by atoms with Crippen molar-refractivity contribution in [3.8, 4) is 5.75 Å². The molecule has 0 fully saturated rings. The van der Waals surface area contributed by atoms with Crippen LogP contribution in [0.15, 0.2) is 48.5 Å². The maximum absolute atomic E-state index is 13.4. The lowest BCUT2D eigenvalue weighted by Crippen LogP contribution is -2.02. The number of carbonyl (C=O) groups excluding carboxylic acids is 1. The van der Waals surface area contributed by atoms with E-state index in [1.165, 1.54) is 36.4 Å². The zero-order valence-electron chi connectivity index (χ0n) is 11.1. The van der Waals surface area contributed by atoms with Crippen LogP contribution >= 0.6 is 0 Å². The van der Waals surface area contributed by atoms with Crippen molar-refractivity contribution < 1.29 is 27.1 Å². The summed E-state index contributed by atoms with van der Waals surface area (Å²) >= 11 is 0. The predicted octanol–water partition coefficient (Wildman–Crippen LogP) is 4.46. The number of allylic oxidation sites excluding steroid dienone is 1. The molecule has 0 spiro atoms. The van der Waals surface area contributed by atoms with Crippen LogP contribution in [0.2, 0.25) is 0 Å². The summed E-state index contributed by atoms with van der Waals surface area (Å²) < 4.78 is 54.3. The van der Waals surface area contributed by atoms with E-state index in [0.29, 0.717) is 6.07 Å². The molecular weight excluding hydrogens is 300 g/mol. The van der Waals surface area contributed by atoms with Crippen molar-refractivity contribution in [2.24, 2.45) is 0 Å². The normalized spacial score (nSPS) is 11.1. The van der Waals surface area contributed by atoms with E-state index in [0.717, 1.165) is 12.1 Å². The first-order chi connectivity index (χ1) is 10.5. The third-order valence-corrected chi connectivity index (χ3v) is 2.74. The van der Waals surface area contributed by atoms with E-state index in [4.69, 9.17) is 0 Å². The van der Waals surface area contributed by atoms with Gasteiger partial charge in [0.05, 0.1) is 0 Å². The molecule has 0 heterocycles. The summed E-state index contributed by atoms with van der Waals surface area (Å²) in [6.07, 6.45) is 2.32. The third kappa shape index (κ3) is 4.18. The minimum Gasteiger partial charge on any atom is -0.435 e. The Hall–Kier alpha value is -2.63. The van der Waals surface area contributed by atoms with Crippen LogP contribution in [0.1, 0.15) is 15.9 Å². The average molecular weight is 310 g/mol. The zero-order valence-corrected chi connectivity index (χ0v) is 11.1. The van der Waals surface area contributed by atoms with E-state index < -0.39 is 24.0 Å². The Morgan fingerprint density at radius 1 is 1.05 bits per heavy atom. The van der Waals surface area contributed by atoms with Crippen LogP contribution in [0.25, 0.3) is 6.08 Å². The van der Waals surface area contributed by atoms with Crippen molar-refractivity contribution in [2.45, 2.75) is 6.61 Å². The van der Waals surface area contributed by atoms with Gasteiger partial charge in [-0.3, -0.25) is 4.79 Å². The van der Waals surface area contributed by atoms with Crippen LogP contribution in [-0.4, -0.2) is 12.4 Å². The summed E-state index contributed by atoms with van der Waals surface area (Å²) in [7, 11) is 0. The average Bonchev–Trinajstić information content (AvgIpc) is 2.46. The maximum Gasteiger partial charge on any atom is 0.387 e. The van der Waals surface area contributed by atoms with Gasteiger partial charge in [0.25, 0.3) is 0 Å². The van der Waals surface area contributed by atoms with Gasteiger partial charge in [0.15, 0.2) is 5.78 Å². The molecule has 6 heteroatoms. The summed E-state index contributed by atoms with van der Waals surface area (Å²) in [5.74, 6) is -2.02. The van der Waals surface area contributed by atoms with Gasteiger partial charge in [0.1, 0.15) is 17.4 Å². The lowest BCUT2D eigenvalue weighted by Gasteiger charge is -2.04. The van der Waals surface area contributed by atoms with Gasteiger partial charge in [-0.2, -0.15) is 8.78 Å². The molecule has 0 saturated heterocycles. The van der Waals surface area contributed by atoms with Gasteiger partial charge in [-0.1, -0.05) is 0 Å². The Bertz CT molecular complexity index is 694. The smallest absolute Gasteiger partial charge is 0.387 e. The quantitative estimate of drug-likeness (QED) is 0.463. The fourth-order valence-electron chi connectivity index (χ4n) is 1.70. The Labute approximate surface area is 123 Å². The highest BCUT2D eigenvalue weighted by Gasteiger charge is 2.07. The second kappa shape index (κ2) is 6.89. The molecule has 0 N–H and O–H groups in total. The van der Waals surface area contributed by atoms with Crippen molar-refractivity contribution in [2.75, 3.05) is 0 Å². The molecular formula is C16H10F4O2. The first-order valence-electron chi connectivity index (χ1n) is 6.18. The molecule has 2 aromatic rings. The Morgan fingerprint density at radius 2 is 1.73 bits per heavy atom. The molecule has 0 aromatic heterocycles. The van der Waals surface area contributed by atoms with Crippen LogP contribution < -0.4 is 4.74 Å². The van der Waals surface area contributed by atoms with Gasteiger partial charge in [0, 0.05) is 17.2 Å². The number of halogens is 4. The predicted molar refractivity (Wildman–Crippen MR) is 72.8 cm³/mol. The molecule has 2 nitrogen and oxygen atoms in total. The van der Waals surface area contributed by atoms with Crippen molar-refractivity contribution in [3.05, 3.63) is 71.3 Å². The summed E-state index contributed by atoms with van der Waals surface area (Å²) in [4.78, 5) is 11.9. The SMILES string of the molecule is O=C(C=Cc1ccc(F)cc1F)c1ccc(OC(F)F)cc1. The lowest BCUT2D eigenvalue weighted by molar-refractivity contribution is -0.0498. The second-order valence-corrected chi connectivity index (χ2v) is 4.27. The summed E-state index contributed by atoms with van der Waals surface area (Å²) in [6.45, 7) is -2.94. The minimum absolute atomic E-state index is 0.0624. The van der Waals surface area contributed by atoms with Gasteiger partial charge < -0.3 is 4.74 Å². The van der Waals surface area contributed by atoms with Gasteiger partial charge >= 0.3 is 6.61 Å². The number of hydrogen-bond acceptors (Lipinski definition) is 2. The first kappa shape index (κ1) is 15.8. The molecule has 0 radical (unpaired) electrons. The highest BCUT2D eigenvalue weighted by molar-refractivity contribution is 6.06. The maximum atomic E-state index is 13.4. The van der Waals surface area contributed by atoms with E-state index in [1.54, 1.807) is 0 Å². The van der Waals surface area contributed by atoms with Gasteiger partial charge in [-0.15, -0.1) is 0 Å². The van der Waals surface area contributed by atoms with Gasteiger partial charge in [0.2, 0.25) is 0 Å². The molecule has 0 bridgehead atoms. The molecule has 22 heavy (non-hydrogen) atoms. The lowest BCUT2D eigenvalue weighted by atomic mass is 10.1. The Kier molecular flexibility index (Phi) is 4.93. The van der Waals surface area contributed by atoms with Crippen LogP contribution in [-0.2, 0) is 0 Å². The van der Waals surface area contributed by atoms with Crippen LogP contribution in [0, 0.1) is 11.6 Å². The molecule has 114 valence electrons. The highest BCUT2D eigenvalue weighted by atomic mass is 19.3. The van der Waals surface area contributed by atoms with Crippen molar-refractivity contribution in [1.29, 1.82) is 0 Å². The third-order valence-electron chi connectivity index (χ3n) is 2.74. The number of rotatable bonds is 5. The number of alkyl halides is 2. The number of ether oxygens (including phenoxy) is 1. The first-order valence-corrected chi connectivity index (χ1v) is 6.18. The summed E-state index contributed by atoms with van der Waals surface area (Å²) in [5.41, 5.74) is 0.285. The molecule has 0 unspecified atom stereocenters. The summed E-state index contributed by atoms with van der Waals surface area (Å²) in [6, 6.07) is 8.06. The number of benzene rings is 2. The van der Waals surface area contributed by atoms with Crippen molar-refractivity contribution in [1.82, 2.24) is 0 Å². The van der Waals surface area contributed by atoms with Crippen molar-refractivity contribution >= 4 is 11.9 Å². The van der Waals surface area contributed by atoms with Crippen molar-refractivity contribution in [3.63, 3.8) is 0 Å². The van der Waals surface area contributed by atoms with E-state index >= 15 is 0 Å². The molecule has 0 aliphatic carbocycles. The number of ketones is 1. The standard InChI is InChI=1S/C16H10F4O2/c17-12-5-1-10(14(18)9-12)4-8-15(21)11-2-6-13(7-3-11)22-16(19)20/h1-9,16H. The molecule has 2 aromatic carbocycles. The van der Waals surface area contributed by atoms with E-state index in [-0.39, 0.29) is 16.9 Å². The van der Waals surface area contributed by atoms with Gasteiger partial charge in [-0.05, 0) is 48.6 Å². The van der Waals surface area contributed by atoms with Crippen LogP contribution in [0.4, 0.5) is 17.6 Å². The van der Waals surface area contributed by atoms with Gasteiger partial charge in [-0.25, -0.2) is 8.78 Å². The largest absolute Gasteiger partial charge is 0.435 e. The van der Waals surface area contributed by atoms with E-state index in [9.17, 15) is 22.4 Å².